The van der Waals surface area contributed by atoms with Gasteiger partial charge in [-0.1, -0.05) is 6.07 Å². The normalized spacial score (nSPS) is 13.1. The highest BCUT2D eigenvalue weighted by atomic mass is 32.2. The largest absolute Gasteiger partial charge is 0.548 e. The molecule has 100 valence electrons. The predicted octanol–water partition coefficient (Wildman–Crippen LogP) is -0.580. The molecule has 0 unspecified atom stereocenters. The summed E-state index contributed by atoms with van der Waals surface area (Å²) >= 11 is 0. The Kier molecular flexibility index (Phi) is 4.31. The van der Waals surface area contributed by atoms with Crippen LogP contribution >= 0.6 is 0 Å². The monoisotopic (exact) mass is 272 g/mol. The topological polar surface area (TPSA) is 95.5 Å². The van der Waals surface area contributed by atoms with Crippen LogP contribution in [0.15, 0.2) is 23.1 Å². The van der Waals surface area contributed by atoms with Crippen molar-refractivity contribution in [3.8, 4) is 5.75 Å². The van der Waals surface area contributed by atoms with E-state index in [-0.39, 0.29) is 10.6 Å². The molecule has 18 heavy (non-hydrogen) atoms. The second kappa shape index (κ2) is 5.36. The van der Waals surface area contributed by atoms with Crippen LogP contribution in [0.3, 0.4) is 0 Å². The highest BCUT2D eigenvalue weighted by Gasteiger charge is 2.22. The zero-order chi connectivity index (χ0) is 13.9. The number of benzene rings is 1. The van der Waals surface area contributed by atoms with Crippen molar-refractivity contribution in [2.45, 2.75) is 24.8 Å². The van der Waals surface area contributed by atoms with Crippen molar-refractivity contribution in [1.29, 1.82) is 0 Å². The molecule has 0 saturated heterocycles. The third-order valence-corrected chi connectivity index (χ3v) is 3.86. The number of hydrogen-bond donors (Lipinski definition) is 1. The summed E-state index contributed by atoms with van der Waals surface area (Å²) < 4.78 is 30.9. The lowest BCUT2D eigenvalue weighted by Crippen LogP contribution is -2.45. The van der Waals surface area contributed by atoms with Crippen molar-refractivity contribution < 1.29 is 23.1 Å². The van der Waals surface area contributed by atoms with E-state index < -0.39 is 22.0 Å². The average molecular weight is 272 g/mol. The number of nitrogens with one attached hydrogen (secondary N) is 1. The summed E-state index contributed by atoms with van der Waals surface area (Å²) in [6.45, 7) is 2.91. The molecule has 1 aromatic rings. The minimum Gasteiger partial charge on any atom is -0.548 e. The summed E-state index contributed by atoms with van der Waals surface area (Å²) in [6, 6.07) is 3.29. The molecule has 1 atom stereocenters. The molecule has 1 rings (SSSR count). The molecule has 1 aromatic carbocycles. The molecule has 0 aliphatic carbocycles. The van der Waals surface area contributed by atoms with Crippen molar-refractivity contribution in [2.75, 3.05) is 7.11 Å². The zero-order valence-corrected chi connectivity index (χ0v) is 11.1. The number of carbonyl (C=O) groups is 1. The van der Waals surface area contributed by atoms with Crippen molar-refractivity contribution in [1.82, 2.24) is 4.72 Å². The number of sulfonamides is 1. The number of ether oxygens (including phenoxy) is 1. The maximum Gasteiger partial charge on any atom is 0.244 e. The fraction of sp³-hybridized carbons (Fsp3) is 0.364. The van der Waals surface area contributed by atoms with Crippen LogP contribution in [0.1, 0.15) is 12.5 Å². The summed E-state index contributed by atoms with van der Waals surface area (Å²) in [5, 5.41) is 10.6. The highest BCUT2D eigenvalue weighted by molar-refractivity contribution is 7.89. The van der Waals surface area contributed by atoms with Crippen LogP contribution in [0.4, 0.5) is 0 Å². The maximum atomic E-state index is 12.0. The van der Waals surface area contributed by atoms with E-state index >= 15 is 0 Å². The summed E-state index contributed by atoms with van der Waals surface area (Å²) in [5.74, 6) is -1.34. The Balaban J connectivity index is 3.19. The quantitative estimate of drug-likeness (QED) is 0.773. The van der Waals surface area contributed by atoms with Crippen LogP contribution in [-0.4, -0.2) is 27.5 Å². The Labute approximate surface area is 106 Å². The number of aryl methyl sites for hydroxylation is 1. The fourth-order valence-electron chi connectivity index (χ4n) is 1.34. The van der Waals surface area contributed by atoms with Crippen LogP contribution in [0.25, 0.3) is 0 Å². The van der Waals surface area contributed by atoms with Gasteiger partial charge in [-0.25, -0.2) is 13.1 Å². The fourth-order valence-corrected chi connectivity index (χ4v) is 2.78. The Bertz CT molecular complexity index is 553. The first-order chi connectivity index (χ1) is 8.27. The van der Waals surface area contributed by atoms with E-state index in [2.05, 4.69) is 0 Å². The molecule has 0 aliphatic rings. The van der Waals surface area contributed by atoms with Crippen molar-refractivity contribution in [3.05, 3.63) is 23.8 Å². The van der Waals surface area contributed by atoms with E-state index in [1.807, 2.05) is 4.72 Å². The first kappa shape index (κ1) is 14.5. The van der Waals surface area contributed by atoms with Gasteiger partial charge in [-0.3, -0.25) is 0 Å². The van der Waals surface area contributed by atoms with Gasteiger partial charge < -0.3 is 14.6 Å². The number of carboxylic acid groups (broad SMARTS) is 1. The molecule has 1 N–H and O–H groups in total. The molecule has 0 spiro atoms. The highest BCUT2D eigenvalue weighted by Crippen LogP contribution is 2.24. The first-order valence-corrected chi connectivity index (χ1v) is 6.64. The number of carboxylic acids is 1. The lowest BCUT2D eigenvalue weighted by atomic mass is 10.2. The van der Waals surface area contributed by atoms with Gasteiger partial charge in [0, 0.05) is 0 Å². The van der Waals surface area contributed by atoms with Crippen LogP contribution in [-0.2, 0) is 14.8 Å². The number of methoxy groups -OCH3 is 1. The number of hydrogen-bond acceptors (Lipinski definition) is 5. The van der Waals surface area contributed by atoms with Gasteiger partial charge in [-0.05, 0) is 31.5 Å². The number of carbonyl (C=O) groups excluding carboxylic acids is 1. The Morgan fingerprint density at radius 2 is 2.06 bits per heavy atom. The first-order valence-electron chi connectivity index (χ1n) is 5.15. The van der Waals surface area contributed by atoms with Gasteiger partial charge in [-0.15, -0.1) is 0 Å². The Morgan fingerprint density at radius 1 is 1.44 bits per heavy atom. The predicted molar refractivity (Wildman–Crippen MR) is 62.5 cm³/mol. The average Bonchev–Trinajstić information content (AvgIpc) is 2.28. The summed E-state index contributed by atoms with van der Waals surface area (Å²) in [7, 11) is -2.63. The van der Waals surface area contributed by atoms with Crippen LogP contribution in [0.2, 0.25) is 0 Å². The summed E-state index contributed by atoms with van der Waals surface area (Å²) in [5.41, 5.74) is 0.720. The molecule has 0 heterocycles. The van der Waals surface area contributed by atoms with E-state index in [4.69, 9.17) is 4.74 Å². The van der Waals surface area contributed by atoms with Gasteiger partial charge in [0.2, 0.25) is 10.0 Å². The zero-order valence-electron chi connectivity index (χ0n) is 10.3. The molecule has 0 amide bonds. The van der Waals surface area contributed by atoms with Gasteiger partial charge in [0.1, 0.15) is 10.6 Å². The molecule has 0 aliphatic heterocycles. The van der Waals surface area contributed by atoms with Gasteiger partial charge in [-0.2, -0.15) is 0 Å². The van der Waals surface area contributed by atoms with Crippen molar-refractivity contribution in [3.63, 3.8) is 0 Å². The van der Waals surface area contributed by atoms with E-state index in [0.717, 1.165) is 5.56 Å². The number of rotatable bonds is 5. The minimum atomic E-state index is -3.97. The second-order valence-electron chi connectivity index (χ2n) is 3.82. The molecule has 7 heteroatoms. The standard InChI is InChI=1S/C11H15NO5S/c1-7-4-5-9(17-3)10(6-7)18(15,16)12-8(2)11(13)14/h4-6,8,12H,1-3H3,(H,13,14)/p-1/t8-/m0/s1. The van der Waals surface area contributed by atoms with Gasteiger partial charge in [0.25, 0.3) is 0 Å². The van der Waals surface area contributed by atoms with Gasteiger partial charge in [0.05, 0.1) is 19.1 Å². The molecule has 6 nitrogen and oxygen atoms in total. The summed E-state index contributed by atoms with van der Waals surface area (Å²) in [4.78, 5) is 10.5. The van der Waals surface area contributed by atoms with E-state index in [9.17, 15) is 18.3 Å². The third-order valence-electron chi connectivity index (χ3n) is 2.29. The third kappa shape index (κ3) is 3.21. The molecule has 0 radical (unpaired) electrons. The SMILES string of the molecule is COc1ccc(C)cc1S(=O)(=O)N[C@@H](C)C(=O)[O-]. The van der Waals surface area contributed by atoms with Crippen molar-refractivity contribution in [2.24, 2.45) is 0 Å². The molecule has 0 fully saturated rings. The van der Waals surface area contributed by atoms with E-state index in [1.165, 1.54) is 26.2 Å². The van der Waals surface area contributed by atoms with Gasteiger partial charge in [0.15, 0.2) is 0 Å². The molecular weight excluding hydrogens is 258 g/mol. The minimum absolute atomic E-state index is 0.0990. The smallest absolute Gasteiger partial charge is 0.244 e. The molecule has 0 bridgehead atoms. The summed E-state index contributed by atoms with van der Waals surface area (Å²) in [6.07, 6.45) is 0. The van der Waals surface area contributed by atoms with Crippen LogP contribution in [0, 0.1) is 6.92 Å². The molecular formula is C11H14NO5S-. The Morgan fingerprint density at radius 3 is 2.56 bits per heavy atom. The van der Waals surface area contributed by atoms with Gasteiger partial charge >= 0.3 is 0 Å². The lowest BCUT2D eigenvalue weighted by molar-refractivity contribution is -0.307. The lowest BCUT2D eigenvalue weighted by Gasteiger charge is -2.16. The maximum absolute atomic E-state index is 12.0. The molecule has 0 aromatic heterocycles. The number of aliphatic carboxylic acids is 1. The second-order valence-corrected chi connectivity index (χ2v) is 5.50. The Hall–Kier alpha value is -1.60. The van der Waals surface area contributed by atoms with E-state index in [0.29, 0.717) is 0 Å². The van der Waals surface area contributed by atoms with Crippen LogP contribution in [0.5, 0.6) is 5.75 Å². The van der Waals surface area contributed by atoms with Crippen LogP contribution < -0.4 is 14.6 Å². The van der Waals surface area contributed by atoms with E-state index in [1.54, 1.807) is 13.0 Å². The van der Waals surface area contributed by atoms with Crippen molar-refractivity contribution >= 4 is 16.0 Å². The molecule has 0 saturated carbocycles.